The molecule has 6 heterocycles. The molecule has 14 nitrogen and oxygen atoms in total. The Hall–Kier alpha value is -6.35. The van der Waals surface area contributed by atoms with E-state index in [1.54, 1.807) is 12.1 Å². The number of aromatic nitrogens is 2. The molecule has 4 aliphatic rings. The monoisotopic (exact) mass is 967 g/mol. The molecule has 2 aromatic heterocycles. The molecule has 2 fully saturated rings. The van der Waals surface area contributed by atoms with Crippen LogP contribution < -0.4 is 35.4 Å². The lowest BCUT2D eigenvalue weighted by Gasteiger charge is -2.39. The summed E-state index contributed by atoms with van der Waals surface area (Å²) in [6.45, 7) is 20.3. The number of amides is 1. The fourth-order valence-corrected chi connectivity index (χ4v) is 10.1. The number of pyridine rings is 2. The molecule has 0 bridgehead atoms. The number of rotatable bonds is 12. The van der Waals surface area contributed by atoms with Crippen molar-refractivity contribution in [1.29, 1.82) is 0 Å². The summed E-state index contributed by atoms with van der Waals surface area (Å²) in [5.74, 6) is 3.15. The van der Waals surface area contributed by atoms with E-state index in [0.29, 0.717) is 45.6 Å². The van der Waals surface area contributed by atoms with E-state index in [-0.39, 0.29) is 23.3 Å². The number of nitrogens with zero attached hydrogens (tertiary/aromatic N) is 5. The van der Waals surface area contributed by atoms with Crippen LogP contribution in [0.3, 0.4) is 0 Å². The van der Waals surface area contributed by atoms with Crippen molar-refractivity contribution >= 4 is 27.9 Å². The maximum atomic E-state index is 13.3. The highest BCUT2D eigenvalue weighted by atomic mass is 16.6. The van der Waals surface area contributed by atoms with Crippen molar-refractivity contribution in [3.8, 4) is 23.0 Å². The van der Waals surface area contributed by atoms with Crippen molar-refractivity contribution in [3.05, 3.63) is 140 Å². The van der Waals surface area contributed by atoms with E-state index in [1.165, 1.54) is 11.1 Å². The highest BCUT2D eigenvalue weighted by Crippen LogP contribution is 2.33. The van der Waals surface area contributed by atoms with Gasteiger partial charge in [0.15, 0.2) is 23.0 Å². The number of carbonyl (C=O) groups is 1. The lowest BCUT2D eigenvalue weighted by atomic mass is 10.0. The first kappa shape index (κ1) is 49.6. The zero-order valence-corrected chi connectivity index (χ0v) is 42.1. The van der Waals surface area contributed by atoms with Crippen LogP contribution >= 0.6 is 0 Å². The Morgan fingerprint density at radius 2 is 1.06 bits per heavy atom. The number of aryl methyl sites for hydroxylation is 2. The number of nitrogens with one attached hydrogen (secondary N) is 1. The standard InChI is InChI=1S/C31H39N3O5.C26H31N3O3/c1-22-5-7-24-8-10-29(35)33(26(24)19-22)16-15-32-13-11-25(12-14-32)34(30(36)39-31(2,3)4)21-23-6-9-27-28(20-23)38-18-17-37-27;1-19-2-4-21-5-7-26(30)29(23(21)16-19)13-12-28-10-8-22(9-11-28)27-18-20-3-6-24-25(17-20)32-15-14-31-24/h5-10,19-20,25H,11-18,21H2,1-4H3;2-7,16-17,22,27H,8-15,18H2,1H3. The number of piperidine rings is 2. The number of hydrogen-bond acceptors (Lipinski definition) is 11. The van der Waals surface area contributed by atoms with Crippen LogP contribution in [0.25, 0.3) is 21.8 Å². The number of ether oxygens (including phenoxy) is 5. The average Bonchev–Trinajstić information content (AvgIpc) is 3.37. The maximum absolute atomic E-state index is 13.3. The minimum Gasteiger partial charge on any atom is -0.486 e. The van der Waals surface area contributed by atoms with Gasteiger partial charge in [0, 0.05) is 76.6 Å². The first-order valence-electron chi connectivity index (χ1n) is 25.5. The smallest absolute Gasteiger partial charge is 0.410 e. The molecule has 1 N–H and O–H groups in total. The van der Waals surface area contributed by atoms with Crippen molar-refractivity contribution in [2.45, 2.75) is 104 Å². The number of benzene rings is 4. The van der Waals surface area contributed by atoms with E-state index in [2.05, 4.69) is 70.6 Å². The normalized spacial score (nSPS) is 16.6. The van der Waals surface area contributed by atoms with Gasteiger partial charge in [-0.1, -0.05) is 36.4 Å². The molecule has 2 saturated heterocycles. The van der Waals surface area contributed by atoms with E-state index < -0.39 is 5.60 Å². The Balaban J connectivity index is 0.000000179. The van der Waals surface area contributed by atoms with Gasteiger partial charge >= 0.3 is 6.09 Å². The van der Waals surface area contributed by atoms with Gasteiger partial charge in [0.25, 0.3) is 11.1 Å². The fourth-order valence-electron chi connectivity index (χ4n) is 10.1. The molecular formula is C57H70N6O8. The Bertz CT molecular complexity index is 2930. The van der Waals surface area contributed by atoms with Crippen LogP contribution in [0.5, 0.6) is 23.0 Å². The molecule has 14 heteroatoms. The molecule has 0 radical (unpaired) electrons. The SMILES string of the molecule is Cc1ccc2ccc(=O)n(CCN3CCC(N(Cc4ccc5c(c4)OCCO5)C(=O)OC(C)(C)C)CC3)c2c1.Cc1ccc2ccc(=O)n(CCN3CCC(NCc4ccc5c(c4)OCCO5)CC3)c2c1. The zero-order valence-electron chi connectivity index (χ0n) is 42.1. The third kappa shape index (κ3) is 12.8. The molecule has 10 rings (SSSR count). The highest BCUT2D eigenvalue weighted by Gasteiger charge is 2.32. The van der Waals surface area contributed by atoms with Crippen molar-refractivity contribution in [2.24, 2.45) is 0 Å². The number of likely N-dealkylation sites (tertiary alicyclic amines) is 2. The van der Waals surface area contributed by atoms with E-state index in [9.17, 15) is 14.4 Å². The minimum atomic E-state index is -0.576. The van der Waals surface area contributed by atoms with Crippen LogP contribution in [0.4, 0.5) is 4.79 Å². The van der Waals surface area contributed by atoms with E-state index in [1.807, 2.05) is 78.1 Å². The van der Waals surface area contributed by atoms with Crippen molar-refractivity contribution < 1.29 is 28.5 Å². The molecule has 0 saturated carbocycles. The van der Waals surface area contributed by atoms with Gasteiger partial charge in [-0.3, -0.25) is 9.59 Å². The average molecular weight is 967 g/mol. The number of carbonyl (C=O) groups excluding carboxylic acids is 1. The van der Waals surface area contributed by atoms with Gasteiger partial charge in [-0.15, -0.1) is 0 Å². The molecule has 4 aromatic carbocycles. The van der Waals surface area contributed by atoms with E-state index >= 15 is 0 Å². The summed E-state index contributed by atoms with van der Waals surface area (Å²) in [4.78, 5) is 45.2. The van der Waals surface area contributed by atoms with E-state index in [0.717, 1.165) is 134 Å². The van der Waals surface area contributed by atoms with Crippen LogP contribution in [0.2, 0.25) is 0 Å². The fraction of sp³-hybridized carbons (Fsp3) is 0.456. The molecular weight excluding hydrogens is 897 g/mol. The van der Waals surface area contributed by atoms with Crippen molar-refractivity contribution in [3.63, 3.8) is 0 Å². The van der Waals surface area contributed by atoms with Crippen LogP contribution in [0, 0.1) is 13.8 Å². The van der Waals surface area contributed by atoms with Crippen LogP contribution in [0.15, 0.2) is 107 Å². The summed E-state index contributed by atoms with van der Waals surface area (Å²) in [5, 5.41) is 5.90. The van der Waals surface area contributed by atoms with Gasteiger partial charge in [0.1, 0.15) is 32.0 Å². The Morgan fingerprint density at radius 3 is 1.58 bits per heavy atom. The summed E-state index contributed by atoms with van der Waals surface area (Å²) < 4.78 is 32.3. The molecule has 1 amide bonds. The predicted octanol–water partition coefficient (Wildman–Crippen LogP) is 8.32. The topological polar surface area (TPSA) is 129 Å². The molecule has 0 aliphatic carbocycles. The van der Waals surface area contributed by atoms with Crippen LogP contribution in [0.1, 0.15) is 68.7 Å². The first-order chi connectivity index (χ1) is 34.3. The second-order valence-electron chi connectivity index (χ2n) is 20.4. The van der Waals surface area contributed by atoms with Gasteiger partial charge in [0.2, 0.25) is 0 Å². The van der Waals surface area contributed by atoms with Crippen molar-refractivity contribution in [2.75, 3.05) is 65.7 Å². The van der Waals surface area contributed by atoms with Gasteiger partial charge in [-0.2, -0.15) is 0 Å². The molecule has 376 valence electrons. The molecule has 71 heavy (non-hydrogen) atoms. The molecule has 4 aliphatic heterocycles. The van der Waals surface area contributed by atoms with Crippen LogP contribution in [-0.4, -0.2) is 113 Å². The summed E-state index contributed by atoms with van der Waals surface area (Å²) in [7, 11) is 0. The number of hydrogen-bond donors (Lipinski definition) is 1. The van der Waals surface area contributed by atoms with E-state index in [4.69, 9.17) is 23.7 Å². The summed E-state index contributed by atoms with van der Waals surface area (Å²) in [6, 6.07) is 32.3. The summed E-state index contributed by atoms with van der Waals surface area (Å²) >= 11 is 0. The third-order valence-corrected chi connectivity index (χ3v) is 14.0. The van der Waals surface area contributed by atoms with Crippen molar-refractivity contribution in [1.82, 2.24) is 29.2 Å². The quantitative estimate of drug-likeness (QED) is 0.127. The Kier molecular flexibility index (Phi) is 15.6. The molecule has 6 aromatic rings. The highest BCUT2D eigenvalue weighted by molar-refractivity contribution is 5.80. The predicted molar refractivity (Wildman–Crippen MR) is 278 cm³/mol. The third-order valence-electron chi connectivity index (χ3n) is 14.0. The van der Waals surface area contributed by atoms with Gasteiger partial charge in [0.05, 0.1) is 11.0 Å². The first-order valence-corrected chi connectivity index (χ1v) is 25.5. The Morgan fingerprint density at radius 1 is 0.592 bits per heavy atom. The lowest BCUT2D eigenvalue weighted by molar-refractivity contribution is 0.00562. The second kappa shape index (κ2) is 22.4. The second-order valence-corrected chi connectivity index (χ2v) is 20.4. The van der Waals surface area contributed by atoms with Crippen LogP contribution in [-0.2, 0) is 30.9 Å². The lowest BCUT2D eigenvalue weighted by Crippen LogP contribution is -2.49. The minimum absolute atomic E-state index is 0.0264. The number of fused-ring (bicyclic) bond motifs is 4. The van der Waals surface area contributed by atoms with Gasteiger partial charge in [-0.05, 0) is 155 Å². The summed E-state index contributed by atoms with van der Waals surface area (Å²) in [6.07, 6.45) is 3.62. The van der Waals surface area contributed by atoms with Gasteiger partial charge in [-0.25, -0.2) is 4.79 Å². The maximum Gasteiger partial charge on any atom is 0.410 e. The zero-order chi connectivity index (χ0) is 49.5. The van der Waals surface area contributed by atoms with Gasteiger partial charge < -0.3 is 52.8 Å². The summed E-state index contributed by atoms with van der Waals surface area (Å²) in [5.41, 5.74) is 6.08. The molecule has 0 spiro atoms. The Labute approximate surface area is 417 Å². The largest absolute Gasteiger partial charge is 0.486 e. The molecule has 0 atom stereocenters. The molecule has 0 unspecified atom stereocenters.